The molecule has 0 heterocycles. The van der Waals surface area contributed by atoms with Crippen LogP contribution in [0.1, 0.15) is 531 Å². The summed E-state index contributed by atoms with van der Waals surface area (Å²) in [6, 6.07) is 0. The van der Waals surface area contributed by atoms with Crippen LogP contribution in [-0.2, 0) is 88.6 Å². The minimum Gasteiger partial charge on any atom is -0.789 e. The van der Waals surface area contributed by atoms with Crippen LogP contribution in [0.15, 0.2) is 48.6 Å². The van der Waals surface area contributed by atoms with Crippen LogP contribution >= 0.6 is 13.5 Å². The van der Waals surface area contributed by atoms with Gasteiger partial charge in [0.1, 0.15) is 0 Å². The molecule has 0 aromatic carbocycles. The number of ether oxygens (including phenoxy) is 4. The smallest absolute Gasteiger partial charge is 0.789 e. The van der Waals surface area contributed by atoms with E-state index in [2.05, 4.69) is 76.3 Å². The van der Waals surface area contributed by atoms with Gasteiger partial charge in [0.2, 0.25) is 0 Å². The maximum Gasteiger partial charge on any atom is 2.00 e. The first kappa shape index (κ1) is 135. The quantitative estimate of drug-likeness (QED) is 0.0145. The second-order valence-corrected chi connectivity index (χ2v) is 33.7. The van der Waals surface area contributed by atoms with Crippen molar-refractivity contribution in [3.63, 3.8) is 0 Å². The Labute approximate surface area is 795 Å². The summed E-state index contributed by atoms with van der Waals surface area (Å²) in [5.41, 5.74) is 0. The molecule has 0 aliphatic carbocycles. The summed E-state index contributed by atoms with van der Waals surface area (Å²) >= 11 is 19.0. The van der Waals surface area contributed by atoms with Gasteiger partial charge >= 0.3 is 71.7 Å². The van der Waals surface area contributed by atoms with Crippen molar-refractivity contribution in [2.24, 2.45) is 0 Å². The van der Waals surface area contributed by atoms with Crippen molar-refractivity contribution in [1.82, 2.24) is 0 Å². The van der Waals surface area contributed by atoms with Crippen LogP contribution in [0.5, 0.6) is 0 Å². The van der Waals surface area contributed by atoms with Crippen molar-refractivity contribution < 1.29 is 38.1 Å². The molecular formula is C102H198O8S5Sn2. The molecule has 0 saturated heterocycles. The molecule has 0 rings (SSSR count). The molecule has 0 unspecified atom stereocenters. The number of carbonyl (C=O) groups excluding carboxylic acids is 4. The first-order chi connectivity index (χ1) is 55.2. The zero-order valence-electron chi connectivity index (χ0n) is 76.4. The van der Waals surface area contributed by atoms with E-state index in [0.717, 1.165) is 51.4 Å². The van der Waals surface area contributed by atoms with Gasteiger partial charge < -0.3 is 69.5 Å². The number of carbonyl (C=O) groups is 4. The molecule has 15 heteroatoms. The minimum atomic E-state index is -0.0803. The molecule has 0 atom stereocenters. The van der Waals surface area contributed by atoms with Gasteiger partial charge in [0, 0.05) is 25.7 Å². The average Bonchev–Trinajstić information content (AvgIpc) is 1.08. The third-order valence-electron chi connectivity index (χ3n) is 21.0. The van der Waals surface area contributed by atoms with Gasteiger partial charge in [-0.05, 0) is 128 Å². The minimum absolute atomic E-state index is 0. The number of esters is 4. The second-order valence-electron chi connectivity index (χ2n) is 32.1. The number of rotatable bonds is 88. The number of hydrogen-bond acceptors (Lipinski definition) is 12. The first-order valence-corrected chi connectivity index (χ1v) is 51.1. The third kappa shape index (κ3) is 140. The molecule has 0 spiro atoms. The van der Waals surface area contributed by atoms with Crippen LogP contribution in [0.25, 0.3) is 0 Å². The summed E-state index contributed by atoms with van der Waals surface area (Å²) in [7, 11) is 0. The Morgan fingerprint density at radius 2 is 0.291 bits per heavy atom. The normalized spacial score (nSPS) is 10.9. The molecule has 0 aromatic rings. The molecule has 4 radical (unpaired) electrons. The summed E-state index contributed by atoms with van der Waals surface area (Å²) in [6.45, 7) is 10.7. The van der Waals surface area contributed by atoms with Crippen molar-refractivity contribution in [2.45, 2.75) is 531 Å². The van der Waals surface area contributed by atoms with E-state index in [-0.39, 0.29) is 100 Å². The van der Waals surface area contributed by atoms with Gasteiger partial charge in [0.05, 0.1) is 26.4 Å². The number of hydrogen-bond donors (Lipinski definition) is 0. The molecule has 0 fully saturated rings. The van der Waals surface area contributed by atoms with Gasteiger partial charge in [-0.2, -0.15) is 13.5 Å². The van der Waals surface area contributed by atoms with E-state index < -0.39 is 0 Å². The zero-order valence-corrected chi connectivity index (χ0v) is 86.4. The molecule has 8 nitrogen and oxygen atoms in total. The summed E-state index contributed by atoms with van der Waals surface area (Å²) in [5.74, 6) is 1.69. The van der Waals surface area contributed by atoms with E-state index in [0.29, 0.717) is 75.1 Å². The van der Waals surface area contributed by atoms with Crippen LogP contribution < -0.4 is 0 Å². The van der Waals surface area contributed by atoms with Gasteiger partial charge in [0.15, 0.2) is 0 Å². The van der Waals surface area contributed by atoms with Crippen molar-refractivity contribution in [1.29, 1.82) is 0 Å². The Morgan fingerprint density at radius 1 is 0.188 bits per heavy atom. The Bertz CT molecular complexity index is 1650. The first-order valence-electron chi connectivity index (χ1n) is 48.8. The maximum absolute atomic E-state index is 11.3. The average molecular weight is 1950 g/mol. The van der Waals surface area contributed by atoms with Gasteiger partial charge in [-0.3, -0.25) is 19.2 Å². The van der Waals surface area contributed by atoms with Crippen LogP contribution in [0.3, 0.4) is 0 Å². The molecule has 0 amide bonds. The van der Waals surface area contributed by atoms with E-state index in [1.54, 1.807) is 0 Å². The van der Waals surface area contributed by atoms with Gasteiger partial charge in [-0.1, -0.05) is 425 Å². The van der Waals surface area contributed by atoms with Crippen molar-refractivity contribution in [3.05, 3.63) is 48.6 Å². The van der Waals surface area contributed by atoms with E-state index in [4.69, 9.17) is 69.5 Å². The Hall–Kier alpha value is 0.187. The summed E-state index contributed by atoms with van der Waals surface area (Å²) in [5, 5.41) is 0. The predicted molar refractivity (Wildman–Crippen MR) is 538 cm³/mol. The van der Waals surface area contributed by atoms with E-state index >= 15 is 0 Å². The fourth-order valence-electron chi connectivity index (χ4n) is 13.8. The fourth-order valence-corrected chi connectivity index (χ4v) is 14.1. The maximum atomic E-state index is 11.3. The number of unbranched alkanes of at least 4 members (excludes halogenated alkanes) is 64. The second kappa shape index (κ2) is 132. The molecule has 0 aliphatic heterocycles. The predicted octanol–water partition coefficient (Wildman–Crippen LogP) is 32.9. The molecule has 0 saturated carbocycles. The van der Waals surface area contributed by atoms with Gasteiger partial charge in [-0.15, -0.1) is 23.0 Å². The SMILES string of the molecule is C.C.CCCCCC/C=C/CCCCCCCCCCCCCCC(=O)OCC[S-].CCCCCC/C=C/CCCCCCCCCCCCCCC(=O)OCC[S-].CCCCCC/C=C/CCCCCCCCCCCCCCC(=O)OCC[S-].CCCCCC/C=C/CCCCCCCCCCCCCCC(=O)OCC[S-].S.[Sn+2].[Sn+2]. The van der Waals surface area contributed by atoms with Crippen LogP contribution in [0.2, 0.25) is 0 Å². The molecular weight excluding hydrogens is 1750 g/mol. The van der Waals surface area contributed by atoms with Crippen LogP contribution in [0, 0.1) is 0 Å². The summed E-state index contributed by atoms with van der Waals surface area (Å²) in [6.07, 6.45) is 117. The van der Waals surface area contributed by atoms with E-state index in [1.807, 2.05) is 0 Å². The fraction of sp³-hybridized carbons (Fsp3) is 0.882. The molecule has 0 N–H and O–H groups in total. The van der Waals surface area contributed by atoms with Gasteiger partial charge in [-0.25, -0.2) is 0 Å². The molecule has 0 bridgehead atoms. The molecule has 117 heavy (non-hydrogen) atoms. The Balaban J connectivity index is -0.000000187. The topological polar surface area (TPSA) is 105 Å². The molecule has 692 valence electrons. The summed E-state index contributed by atoms with van der Waals surface area (Å²) in [4.78, 5) is 45.3. The third-order valence-corrected chi connectivity index (χ3v) is 21.6. The van der Waals surface area contributed by atoms with E-state index in [9.17, 15) is 19.2 Å². The van der Waals surface area contributed by atoms with Crippen LogP contribution in [-0.4, -0.2) is 121 Å². The van der Waals surface area contributed by atoms with E-state index in [1.165, 1.54) is 411 Å². The van der Waals surface area contributed by atoms with Crippen molar-refractivity contribution >= 4 is 136 Å². The standard InChI is InChI=1S/4C25H48O2S.2CH4.H2S.2Sn/c4*1-2-3-4-5-6-7-8-9-10-11-12-13-14-15-16-17-18-19-20-21-22-25(26)27-23-24-28;;;;;/h4*7-8,28H,2-6,9-24H2,1H3;2*1H4;1H2;;/q;;;;;;;2*+2/p-4/b4*8-7+;;;;;. The largest absolute Gasteiger partial charge is 2.00 e. The van der Waals surface area contributed by atoms with Crippen molar-refractivity contribution in [3.8, 4) is 0 Å². The zero-order chi connectivity index (χ0) is 82.2. The van der Waals surface area contributed by atoms with Crippen LogP contribution in [0.4, 0.5) is 0 Å². The van der Waals surface area contributed by atoms with Crippen molar-refractivity contribution in [2.75, 3.05) is 49.4 Å². The Kier molecular flexibility index (Phi) is 152. The molecule has 0 aromatic heterocycles. The Morgan fingerprint density at radius 3 is 0.402 bits per heavy atom. The molecule has 0 aliphatic rings. The van der Waals surface area contributed by atoms with Gasteiger partial charge in [0.25, 0.3) is 0 Å². The summed E-state index contributed by atoms with van der Waals surface area (Å²) < 4.78 is 19.9. The number of allylic oxidation sites excluding steroid dienone is 8. The monoisotopic (exact) mass is 1950 g/mol.